The van der Waals surface area contributed by atoms with Crippen molar-refractivity contribution in [2.45, 2.75) is 13.0 Å². The Morgan fingerprint density at radius 3 is 2.56 bits per heavy atom. The third-order valence-electron chi connectivity index (χ3n) is 0.649. The zero-order chi connectivity index (χ0) is 7.28. The summed E-state index contributed by atoms with van der Waals surface area (Å²) in [5.74, 6) is -0.568. The molecule has 0 radical (unpaired) electrons. The van der Waals surface area contributed by atoms with Crippen LogP contribution in [0.25, 0.3) is 0 Å². The quantitative estimate of drug-likeness (QED) is 0.399. The molecular weight excluding hydrogens is 124 g/mol. The Balaban J connectivity index is 3.55. The lowest BCUT2D eigenvalue weighted by molar-refractivity contribution is -0.151. The van der Waals surface area contributed by atoms with Crippen molar-refractivity contribution in [3.8, 4) is 0 Å². The Morgan fingerprint density at radius 2 is 2.44 bits per heavy atom. The molecule has 0 saturated heterocycles. The fourth-order valence-electron chi connectivity index (χ4n) is 0.321. The van der Waals surface area contributed by atoms with Crippen molar-refractivity contribution in [3.63, 3.8) is 0 Å². The summed E-state index contributed by atoms with van der Waals surface area (Å²) in [7, 11) is 0. The lowest BCUT2D eigenvalue weighted by atomic mass is 10.4. The van der Waals surface area contributed by atoms with Gasteiger partial charge in [0, 0.05) is 6.92 Å². The van der Waals surface area contributed by atoms with Crippen LogP contribution in [0.4, 0.5) is 0 Å². The molecular formula is C5H8O4. The van der Waals surface area contributed by atoms with Gasteiger partial charge in [-0.05, 0) is 0 Å². The fourth-order valence-corrected chi connectivity index (χ4v) is 0.321. The monoisotopic (exact) mass is 132 g/mol. The molecule has 0 bridgehead atoms. The number of aliphatic hydroxyl groups is 1. The van der Waals surface area contributed by atoms with E-state index in [0.717, 1.165) is 0 Å². The first-order valence-electron chi connectivity index (χ1n) is 2.44. The minimum Gasteiger partial charge on any atom is -0.452 e. The van der Waals surface area contributed by atoms with E-state index >= 15 is 0 Å². The molecule has 0 aromatic carbocycles. The molecule has 0 rings (SSSR count). The number of carbonyl (C=O) groups excluding carboxylic acids is 2. The lowest BCUT2D eigenvalue weighted by Gasteiger charge is -2.04. The highest BCUT2D eigenvalue weighted by Gasteiger charge is 2.06. The molecule has 0 aliphatic heterocycles. The van der Waals surface area contributed by atoms with Crippen LogP contribution in [-0.4, -0.2) is 30.1 Å². The van der Waals surface area contributed by atoms with E-state index in [0.29, 0.717) is 6.29 Å². The summed E-state index contributed by atoms with van der Waals surface area (Å²) < 4.78 is 4.29. The molecule has 4 heteroatoms. The molecule has 1 unspecified atom stereocenters. The molecule has 52 valence electrons. The maximum Gasteiger partial charge on any atom is 0.303 e. The summed E-state index contributed by atoms with van der Waals surface area (Å²) in [6.45, 7) is 0.717. The van der Waals surface area contributed by atoms with Crippen LogP contribution in [0.3, 0.4) is 0 Å². The Bertz CT molecular complexity index is 110. The van der Waals surface area contributed by atoms with Gasteiger partial charge < -0.3 is 9.84 Å². The zero-order valence-electron chi connectivity index (χ0n) is 5.03. The summed E-state index contributed by atoms with van der Waals surface area (Å²) in [6.07, 6.45) is -0.621. The first kappa shape index (κ1) is 8.10. The van der Waals surface area contributed by atoms with Gasteiger partial charge in [0.1, 0.15) is 0 Å². The van der Waals surface area contributed by atoms with E-state index in [1.165, 1.54) is 6.92 Å². The first-order chi connectivity index (χ1) is 4.20. The molecule has 0 aromatic heterocycles. The minimum atomic E-state index is -0.998. The van der Waals surface area contributed by atoms with Crippen LogP contribution in [0.2, 0.25) is 0 Å². The molecule has 0 aliphatic rings. The number of carbonyl (C=O) groups is 2. The predicted octanol–water partition coefficient (Wildman–Crippen LogP) is -0.891. The Kier molecular flexibility index (Phi) is 3.62. The van der Waals surface area contributed by atoms with E-state index in [1.807, 2.05) is 0 Å². The van der Waals surface area contributed by atoms with Crippen molar-refractivity contribution in [2.75, 3.05) is 6.61 Å². The third kappa shape index (κ3) is 3.66. The second kappa shape index (κ2) is 4.03. The van der Waals surface area contributed by atoms with Crippen molar-refractivity contribution < 1.29 is 19.4 Å². The Hall–Kier alpha value is -0.900. The van der Waals surface area contributed by atoms with E-state index in [9.17, 15) is 9.59 Å². The van der Waals surface area contributed by atoms with Gasteiger partial charge in [0.05, 0.1) is 6.61 Å². The van der Waals surface area contributed by atoms with Gasteiger partial charge in [-0.15, -0.1) is 0 Å². The predicted molar refractivity (Wildman–Crippen MR) is 28.7 cm³/mol. The number of rotatable bonds is 3. The molecule has 4 nitrogen and oxygen atoms in total. The van der Waals surface area contributed by atoms with Gasteiger partial charge in [0.2, 0.25) is 0 Å². The van der Waals surface area contributed by atoms with Crippen molar-refractivity contribution in [2.24, 2.45) is 0 Å². The molecule has 0 fully saturated rings. The number of hydrogen-bond acceptors (Lipinski definition) is 4. The SMILES string of the molecule is CC(=O)OC(C=O)CO. The summed E-state index contributed by atoms with van der Waals surface area (Å²) in [6, 6.07) is 0. The smallest absolute Gasteiger partial charge is 0.303 e. The lowest BCUT2D eigenvalue weighted by Crippen LogP contribution is -2.21. The number of esters is 1. The van der Waals surface area contributed by atoms with Gasteiger partial charge in [-0.2, -0.15) is 0 Å². The van der Waals surface area contributed by atoms with Crippen LogP contribution in [-0.2, 0) is 14.3 Å². The largest absolute Gasteiger partial charge is 0.452 e. The molecule has 0 amide bonds. The first-order valence-corrected chi connectivity index (χ1v) is 2.44. The highest BCUT2D eigenvalue weighted by molar-refractivity contribution is 5.69. The molecule has 1 atom stereocenters. The number of aldehydes is 1. The molecule has 0 aromatic rings. The maximum absolute atomic E-state index is 10.1. The summed E-state index contributed by atoms with van der Waals surface area (Å²) in [5, 5.41) is 8.27. The fraction of sp³-hybridized carbons (Fsp3) is 0.600. The van der Waals surface area contributed by atoms with Gasteiger partial charge >= 0.3 is 5.97 Å². The van der Waals surface area contributed by atoms with E-state index in [4.69, 9.17) is 5.11 Å². The van der Waals surface area contributed by atoms with Crippen molar-refractivity contribution >= 4 is 12.3 Å². The Labute approximate surface area is 52.4 Å². The van der Waals surface area contributed by atoms with Gasteiger partial charge in [0.25, 0.3) is 0 Å². The van der Waals surface area contributed by atoms with E-state index in [1.54, 1.807) is 0 Å². The number of aliphatic hydroxyl groups excluding tert-OH is 1. The standard InChI is InChI=1S/C5H8O4/c1-4(8)9-5(2-6)3-7/h2,5,7H,3H2,1H3. The zero-order valence-corrected chi connectivity index (χ0v) is 5.03. The summed E-state index contributed by atoms with van der Waals surface area (Å²) in [5.41, 5.74) is 0. The summed E-state index contributed by atoms with van der Waals surface area (Å²) >= 11 is 0. The van der Waals surface area contributed by atoms with Crippen LogP contribution >= 0.6 is 0 Å². The van der Waals surface area contributed by atoms with Gasteiger partial charge in [-0.1, -0.05) is 0 Å². The maximum atomic E-state index is 10.1. The third-order valence-corrected chi connectivity index (χ3v) is 0.649. The average Bonchev–Trinajstić information content (AvgIpc) is 1.82. The highest BCUT2D eigenvalue weighted by atomic mass is 16.6. The van der Waals surface area contributed by atoms with Crippen LogP contribution in [0.5, 0.6) is 0 Å². The van der Waals surface area contributed by atoms with E-state index in [-0.39, 0.29) is 0 Å². The molecule has 9 heavy (non-hydrogen) atoms. The highest BCUT2D eigenvalue weighted by Crippen LogP contribution is 1.85. The second-order valence-corrected chi connectivity index (χ2v) is 1.47. The van der Waals surface area contributed by atoms with Crippen LogP contribution in [0.15, 0.2) is 0 Å². The van der Waals surface area contributed by atoms with Gasteiger partial charge in [-0.3, -0.25) is 9.59 Å². The van der Waals surface area contributed by atoms with Crippen molar-refractivity contribution in [3.05, 3.63) is 0 Å². The molecule has 0 saturated carbocycles. The molecule has 0 heterocycles. The molecule has 0 spiro atoms. The average molecular weight is 132 g/mol. The van der Waals surface area contributed by atoms with Crippen LogP contribution < -0.4 is 0 Å². The second-order valence-electron chi connectivity index (χ2n) is 1.47. The van der Waals surface area contributed by atoms with Crippen LogP contribution in [0.1, 0.15) is 6.92 Å². The normalized spacial score (nSPS) is 12.2. The Morgan fingerprint density at radius 1 is 1.89 bits per heavy atom. The van der Waals surface area contributed by atoms with Gasteiger partial charge in [0.15, 0.2) is 12.4 Å². The van der Waals surface area contributed by atoms with Crippen LogP contribution in [0, 0.1) is 0 Å². The van der Waals surface area contributed by atoms with Crippen molar-refractivity contribution in [1.82, 2.24) is 0 Å². The number of hydrogen-bond donors (Lipinski definition) is 1. The number of ether oxygens (including phenoxy) is 1. The minimum absolute atomic E-state index is 0.376. The molecule has 1 N–H and O–H groups in total. The topological polar surface area (TPSA) is 63.6 Å². The van der Waals surface area contributed by atoms with E-state index < -0.39 is 18.7 Å². The van der Waals surface area contributed by atoms with Gasteiger partial charge in [-0.25, -0.2) is 0 Å². The van der Waals surface area contributed by atoms with Crippen molar-refractivity contribution in [1.29, 1.82) is 0 Å². The van der Waals surface area contributed by atoms with E-state index in [2.05, 4.69) is 4.74 Å². The summed E-state index contributed by atoms with van der Waals surface area (Å²) in [4.78, 5) is 19.9. The molecule has 0 aliphatic carbocycles.